The minimum absolute atomic E-state index is 0.161. The van der Waals surface area contributed by atoms with Crippen molar-refractivity contribution in [1.82, 2.24) is 5.32 Å². The number of nitrogens with one attached hydrogen (secondary N) is 1. The lowest BCUT2D eigenvalue weighted by Crippen LogP contribution is -2.28. The van der Waals surface area contributed by atoms with Crippen molar-refractivity contribution in [2.24, 2.45) is 5.92 Å². The summed E-state index contributed by atoms with van der Waals surface area (Å²) in [6.45, 7) is 7.86. The molecule has 0 radical (unpaired) electrons. The molecule has 0 fully saturated rings. The monoisotopic (exact) mass is 187 g/mol. The van der Waals surface area contributed by atoms with Crippen molar-refractivity contribution in [2.75, 3.05) is 19.7 Å². The van der Waals surface area contributed by atoms with Gasteiger partial charge in [-0.3, -0.25) is 4.79 Å². The second-order valence-electron chi connectivity index (χ2n) is 3.33. The first-order chi connectivity index (χ1) is 6.20. The molecule has 0 saturated carbocycles. The topological polar surface area (TPSA) is 38.3 Å². The van der Waals surface area contributed by atoms with Crippen LogP contribution < -0.4 is 5.32 Å². The summed E-state index contributed by atoms with van der Waals surface area (Å²) in [4.78, 5) is 10.9. The highest BCUT2D eigenvalue weighted by Crippen LogP contribution is 2.02. The van der Waals surface area contributed by atoms with E-state index in [-0.39, 0.29) is 5.97 Å². The van der Waals surface area contributed by atoms with Crippen LogP contribution in [0.15, 0.2) is 0 Å². The summed E-state index contributed by atoms with van der Waals surface area (Å²) in [6.07, 6.45) is 2.40. The molecule has 0 spiro atoms. The van der Waals surface area contributed by atoms with Gasteiger partial charge in [0.1, 0.15) is 0 Å². The van der Waals surface area contributed by atoms with Crippen LogP contribution >= 0.6 is 0 Å². The Morgan fingerprint density at radius 1 is 1.46 bits per heavy atom. The Balaban J connectivity index is 3.28. The molecule has 0 saturated heterocycles. The van der Waals surface area contributed by atoms with Crippen LogP contribution in [0.25, 0.3) is 0 Å². The van der Waals surface area contributed by atoms with E-state index in [2.05, 4.69) is 19.2 Å². The Morgan fingerprint density at radius 2 is 2.15 bits per heavy atom. The van der Waals surface area contributed by atoms with E-state index in [4.69, 9.17) is 4.74 Å². The van der Waals surface area contributed by atoms with Crippen LogP contribution in [0.4, 0.5) is 0 Å². The maximum Gasteiger partial charge on any atom is 0.319 e. The van der Waals surface area contributed by atoms with E-state index in [0.717, 1.165) is 6.54 Å². The molecule has 0 bridgehead atoms. The number of rotatable bonds is 7. The van der Waals surface area contributed by atoms with Crippen molar-refractivity contribution in [1.29, 1.82) is 0 Å². The van der Waals surface area contributed by atoms with Crippen molar-refractivity contribution in [3.8, 4) is 0 Å². The molecule has 3 nitrogen and oxygen atoms in total. The molecule has 0 amide bonds. The first kappa shape index (κ1) is 12.4. The van der Waals surface area contributed by atoms with E-state index in [1.807, 2.05) is 6.92 Å². The van der Waals surface area contributed by atoms with Crippen molar-refractivity contribution >= 4 is 5.97 Å². The zero-order chi connectivity index (χ0) is 10.1. The minimum atomic E-state index is -0.161. The van der Waals surface area contributed by atoms with Crippen molar-refractivity contribution in [3.05, 3.63) is 0 Å². The third kappa shape index (κ3) is 7.78. The maximum atomic E-state index is 10.9. The summed E-state index contributed by atoms with van der Waals surface area (Å²) in [5.74, 6) is 0.477. The molecule has 0 aromatic carbocycles. The van der Waals surface area contributed by atoms with Gasteiger partial charge in [0.05, 0.1) is 13.2 Å². The van der Waals surface area contributed by atoms with Gasteiger partial charge in [0.2, 0.25) is 0 Å². The number of hydrogen-bond donors (Lipinski definition) is 1. The summed E-state index contributed by atoms with van der Waals surface area (Å²) < 4.78 is 4.78. The lowest BCUT2D eigenvalue weighted by Gasteiger charge is -2.10. The number of hydrogen-bond acceptors (Lipinski definition) is 3. The van der Waals surface area contributed by atoms with Crippen LogP contribution in [-0.4, -0.2) is 25.7 Å². The molecule has 1 atom stereocenters. The Morgan fingerprint density at radius 3 is 2.69 bits per heavy atom. The summed E-state index contributed by atoms with van der Waals surface area (Å²) in [5.41, 5.74) is 0. The van der Waals surface area contributed by atoms with Crippen LogP contribution in [0.5, 0.6) is 0 Å². The molecule has 13 heavy (non-hydrogen) atoms. The maximum absolute atomic E-state index is 10.9. The number of carbonyl (C=O) groups is 1. The first-order valence-electron chi connectivity index (χ1n) is 5.07. The third-order valence-corrected chi connectivity index (χ3v) is 1.85. The fraction of sp³-hybridized carbons (Fsp3) is 0.900. The summed E-state index contributed by atoms with van der Waals surface area (Å²) in [5, 5.41) is 3.08. The average Bonchev–Trinajstić information content (AvgIpc) is 2.05. The molecule has 1 unspecified atom stereocenters. The van der Waals surface area contributed by atoms with E-state index in [1.54, 1.807) is 0 Å². The lowest BCUT2D eigenvalue weighted by molar-refractivity contribution is -0.142. The van der Waals surface area contributed by atoms with Gasteiger partial charge >= 0.3 is 5.97 Å². The van der Waals surface area contributed by atoms with Crippen LogP contribution in [0.2, 0.25) is 0 Å². The highest BCUT2D eigenvalue weighted by Gasteiger charge is 2.03. The van der Waals surface area contributed by atoms with Gasteiger partial charge in [-0.05, 0) is 25.8 Å². The Bertz CT molecular complexity index is 137. The predicted octanol–water partition coefficient (Wildman–Crippen LogP) is 1.58. The van der Waals surface area contributed by atoms with Gasteiger partial charge < -0.3 is 10.1 Å². The molecule has 0 aromatic heterocycles. The van der Waals surface area contributed by atoms with Crippen molar-refractivity contribution in [2.45, 2.75) is 33.6 Å². The third-order valence-electron chi connectivity index (χ3n) is 1.85. The number of ether oxygens (including phenoxy) is 1. The average molecular weight is 187 g/mol. The van der Waals surface area contributed by atoms with Gasteiger partial charge in [-0.2, -0.15) is 0 Å². The Kier molecular flexibility index (Phi) is 7.69. The lowest BCUT2D eigenvalue weighted by atomic mass is 10.1. The van der Waals surface area contributed by atoms with Crippen LogP contribution in [0, 0.1) is 5.92 Å². The molecular formula is C10H21NO2. The van der Waals surface area contributed by atoms with Crippen LogP contribution in [-0.2, 0) is 9.53 Å². The molecular weight excluding hydrogens is 166 g/mol. The zero-order valence-electron chi connectivity index (χ0n) is 8.93. The SMILES string of the molecule is CCCC(C)CNCC(=O)OCC. The van der Waals surface area contributed by atoms with E-state index >= 15 is 0 Å². The zero-order valence-corrected chi connectivity index (χ0v) is 8.93. The fourth-order valence-electron chi connectivity index (χ4n) is 1.23. The minimum Gasteiger partial charge on any atom is -0.465 e. The van der Waals surface area contributed by atoms with Gasteiger partial charge in [0.25, 0.3) is 0 Å². The molecule has 0 aliphatic carbocycles. The summed E-state index contributed by atoms with van der Waals surface area (Å²) in [7, 11) is 0. The van der Waals surface area contributed by atoms with Crippen LogP contribution in [0.1, 0.15) is 33.6 Å². The quantitative estimate of drug-likeness (QED) is 0.615. The van der Waals surface area contributed by atoms with E-state index in [1.165, 1.54) is 12.8 Å². The summed E-state index contributed by atoms with van der Waals surface area (Å²) >= 11 is 0. The molecule has 0 rings (SSSR count). The molecule has 1 N–H and O–H groups in total. The van der Waals surface area contributed by atoms with Crippen molar-refractivity contribution < 1.29 is 9.53 Å². The highest BCUT2D eigenvalue weighted by molar-refractivity contribution is 5.71. The second kappa shape index (κ2) is 8.05. The van der Waals surface area contributed by atoms with Gasteiger partial charge in [-0.25, -0.2) is 0 Å². The normalized spacial score (nSPS) is 12.5. The molecule has 0 aliphatic rings. The van der Waals surface area contributed by atoms with Gasteiger partial charge in [0.15, 0.2) is 0 Å². The molecule has 78 valence electrons. The largest absolute Gasteiger partial charge is 0.465 e. The number of esters is 1. The molecule has 0 aliphatic heterocycles. The van der Waals surface area contributed by atoms with Gasteiger partial charge in [-0.15, -0.1) is 0 Å². The van der Waals surface area contributed by atoms with Gasteiger partial charge in [0, 0.05) is 0 Å². The fourth-order valence-corrected chi connectivity index (χ4v) is 1.23. The van der Waals surface area contributed by atoms with Crippen molar-refractivity contribution in [3.63, 3.8) is 0 Å². The van der Waals surface area contributed by atoms with Crippen LogP contribution in [0.3, 0.4) is 0 Å². The predicted molar refractivity (Wildman–Crippen MR) is 53.6 cm³/mol. The second-order valence-corrected chi connectivity index (χ2v) is 3.33. The summed E-state index contributed by atoms with van der Waals surface area (Å²) in [6, 6.07) is 0. The molecule has 0 heterocycles. The molecule has 0 aromatic rings. The van der Waals surface area contributed by atoms with E-state index in [0.29, 0.717) is 19.1 Å². The molecule has 3 heteroatoms. The Hall–Kier alpha value is -0.570. The van der Waals surface area contributed by atoms with Gasteiger partial charge in [-0.1, -0.05) is 20.3 Å². The highest BCUT2D eigenvalue weighted by atomic mass is 16.5. The first-order valence-corrected chi connectivity index (χ1v) is 5.07. The smallest absolute Gasteiger partial charge is 0.319 e. The van der Waals surface area contributed by atoms with E-state index in [9.17, 15) is 4.79 Å². The standard InChI is InChI=1S/C10H21NO2/c1-4-6-9(3)7-11-8-10(12)13-5-2/h9,11H,4-8H2,1-3H3. The number of carbonyl (C=O) groups excluding carboxylic acids is 1. The Labute approximate surface area is 80.8 Å². The van der Waals surface area contributed by atoms with E-state index < -0.39 is 0 Å².